The van der Waals surface area contributed by atoms with E-state index in [4.69, 9.17) is 10.7 Å². The van der Waals surface area contributed by atoms with Gasteiger partial charge in [-0.2, -0.15) is 0 Å². The maximum atomic E-state index is 6.01. The Kier molecular flexibility index (Phi) is 2.97. The first-order chi connectivity index (χ1) is 9.60. The molecule has 0 radical (unpaired) electrons. The van der Waals surface area contributed by atoms with E-state index < -0.39 is 0 Å². The zero-order valence-electron chi connectivity index (χ0n) is 12.1. The molecule has 0 unspecified atom stereocenters. The van der Waals surface area contributed by atoms with Crippen LogP contribution in [0, 0.1) is 6.92 Å². The number of imidazole rings is 1. The van der Waals surface area contributed by atoms with Crippen molar-refractivity contribution < 1.29 is 0 Å². The molecule has 0 aliphatic heterocycles. The van der Waals surface area contributed by atoms with E-state index in [1.807, 2.05) is 26.1 Å². The summed E-state index contributed by atoms with van der Waals surface area (Å²) in [6.45, 7) is 4.17. The second-order valence-electron chi connectivity index (χ2n) is 5.24. The van der Waals surface area contributed by atoms with Crippen LogP contribution in [0.25, 0.3) is 22.4 Å². The normalized spacial score (nSPS) is 11.2. The van der Waals surface area contributed by atoms with Crippen LogP contribution in [0.3, 0.4) is 0 Å². The van der Waals surface area contributed by atoms with Crippen molar-refractivity contribution in [2.24, 2.45) is 7.05 Å². The molecule has 0 bridgehead atoms. The van der Waals surface area contributed by atoms with Crippen LogP contribution in [-0.2, 0) is 13.5 Å². The van der Waals surface area contributed by atoms with Gasteiger partial charge in [-0.15, -0.1) is 0 Å². The molecule has 2 N–H and O–H groups in total. The summed E-state index contributed by atoms with van der Waals surface area (Å²) in [7, 11) is 2.05. The number of nitrogen functional groups attached to an aromatic ring is 1. The molecule has 3 nitrogen and oxygen atoms in total. The minimum atomic E-state index is 0.809. The molecule has 2 aromatic carbocycles. The van der Waals surface area contributed by atoms with Crippen LogP contribution in [0.2, 0.25) is 0 Å². The third-order valence-corrected chi connectivity index (χ3v) is 3.89. The quantitative estimate of drug-likeness (QED) is 0.718. The van der Waals surface area contributed by atoms with Gasteiger partial charge < -0.3 is 10.3 Å². The summed E-state index contributed by atoms with van der Waals surface area (Å²) in [5.41, 5.74) is 12.5. The fraction of sp³-hybridized carbons (Fsp3) is 0.235. The van der Waals surface area contributed by atoms with Gasteiger partial charge in [0.25, 0.3) is 0 Å². The Hall–Kier alpha value is -2.29. The second kappa shape index (κ2) is 4.67. The van der Waals surface area contributed by atoms with Crippen LogP contribution in [0.15, 0.2) is 36.4 Å². The number of nitrogens with zero attached hydrogens (tertiary/aromatic N) is 2. The monoisotopic (exact) mass is 265 g/mol. The van der Waals surface area contributed by atoms with E-state index in [1.165, 1.54) is 5.56 Å². The Balaban J connectivity index is 2.20. The van der Waals surface area contributed by atoms with Crippen molar-refractivity contribution >= 4 is 16.7 Å². The van der Waals surface area contributed by atoms with Crippen molar-refractivity contribution in [1.82, 2.24) is 9.55 Å². The number of nitrogens with two attached hydrogens (primary N) is 1. The van der Waals surface area contributed by atoms with Gasteiger partial charge >= 0.3 is 0 Å². The molecule has 3 heteroatoms. The molecule has 1 heterocycles. The Morgan fingerprint density at radius 3 is 2.65 bits per heavy atom. The van der Waals surface area contributed by atoms with Crippen molar-refractivity contribution in [3.63, 3.8) is 0 Å². The van der Waals surface area contributed by atoms with E-state index in [1.54, 1.807) is 0 Å². The van der Waals surface area contributed by atoms with Gasteiger partial charge in [-0.25, -0.2) is 4.98 Å². The SMILES string of the molecule is CCc1ccc2c(c1)nc(-c1ccc(C)c(N)c1)n2C. The van der Waals surface area contributed by atoms with Crippen LogP contribution in [0.5, 0.6) is 0 Å². The van der Waals surface area contributed by atoms with Gasteiger partial charge in [-0.1, -0.05) is 25.1 Å². The molecule has 102 valence electrons. The highest BCUT2D eigenvalue weighted by Crippen LogP contribution is 2.26. The van der Waals surface area contributed by atoms with Crippen LogP contribution in [0.1, 0.15) is 18.1 Å². The Bertz CT molecular complexity index is 784. The highest BCUT2D eigenvalue weighted by molar-refractivity contribution is 5.81. The first-order valence-corrected chi connectivity index (χ1v) is 6.92. The van der Waals surface area contributed by atoms with E-state index in [2.05, 4.69) is 35.8 Å². The summed E-state index contributed by atoms with van der Waals surface area (Å²) >= 11 is 0. The predicted molar refractivity (Wildman–Crippen MR) is 84.7 cm³/mol. The van der Waals surface area contributed by atoms with Crippen LogP contribution >= 0.6 is 0 Å². The first kappa shape index (κ1) is 12.7. The molecule has 0 aliphatic rings. The van der Waals surface area contributed by atoms with Crippen molar-refractivity contribution in [3.8, 4) is 11.4 Å². The minimum absolute atomic E-state index is 0.809. The number of rotatable bonds is 2. The molecule has 3 rings (SSSR count). The lowest BCUT2D eigenvalue weighted by Gasteiger charge is -2.05. The number of aryl methyl sites for hydroxylation is 3. The average Bonchev–Trinajstić information content (AvgIpc) is 2.78. The highest BCUT2D eigenvalue weighted by Gasteiger charge is 2.10. The van der Waals surface area contributed by atoms with E-state index >= 15 is 0 Å². The van der Waals surface area contributed by atoms with Gasteiger partial charge in [-0.05, 0) is 42.7 Å². The molecule has 0 aliphatic carbocycles. The fourth-order valence-electron chi connectivity index (χ4n) is 2.50. The van der Waals surface area contributed by atoms with E-state index in [0.717, 1.165) is 40.1 Å². The number of anilines is 1. The van der Waals surface area contributed by atoms with Gasteiger partial charge in [0, 0.05) is 18.3 Å². The van der Waals surface area contributed by atoms with Crippen LogP contribution in [0.4, 0.5) is 5.69 Å². The molecule has 3 aromatic rings. The summed E-state index contributed by atoms with van der Waals surface area (Å²) in [6, 6.07) is 12.6. The molecule has 0 saturated heterocycles. The van der Waals surface area contributed by atoms with Gasteiger partial charge in [0.1, 0.15) is 5.82 Å². The van der Waals surface area contributed by atoms with E-state index in [-0.39, 0.29) is 0 Å². The Morgan fingerprint density at radius 1 is 1.15 bits per heavy atom. The third-order valence-electron chi connectivity index (χ3n) is 3.89. The Morgan fingerprint density at radius 2 is 1.95 bits per heavy atom. The maximum absolute atomic E-state index is 6.01. The van der Waals surface area contributed by atoms with Gasteiger partial charge in [-0.3, -0.25) is 0 Å². The lowest BCUT2D eigenvalue weighted by molar-refractivity contribution is 0.959. The molecule has 1 aromatic heterocycles. The van der Waals surface area contributed by atoms with Gasteiger partial charge in [0.15, 0.2) is 0 Å². The standard InChI is InChI=1S/C17H19N3/c1-4-12-6-8-16-15(9-12)19-17(20(16)3)13-7-5-11(2)14(18)10-13/h5-10H,4,18H2,1-3H3. The molecule has 0 spiro atoms. The maximum Gasteiger partial charge on any atom is 0.140 e. The number of fused-ring (bicyclic) bond motifs is 1. The topological polar surface area (TPSA) is 43.8 Å². The lowest BCUT2D eigenvalue weighted by Crippen LogP contribution is -1.95. The lowest BCUT2D eigenvalue weighted by atomic mass is 10.1. The molecule has 20 heavy (non-hydrogen) atoms. The summed E-state index contributed by atoms with van der Waals surface area (Å²) in [6.07, 6.45) is 1.03. The summed E-state index contributed by atoms with van der Waals surface area (Å²) in [5, 5.41) is 0. The van der Waals surface area contributed by atoms with Crippen molar-refractivity contribution in [3.05, 3.63) is 47.5 Å². The summed E-state index contributed by atoms with van der Waals surface area (Å²) in [5.74, 6) is 0.958. The summed E-state index contributed by atoms with van der Waals surface area (Å²) in [4.78, 5) is 4.77. The van der Waals surface area contributed by atoms with Crippen LogP contribution in [-0.4, -0.2) is 9.55 Å². The zero-order chi connectivity index (χ0) is 14.3. The molecular weight excluding hydrogens is 246 g/mol. The van der Waals surface area contributed by atoms with Crippen molar-refractivity contribution in [2.45, 2.75) is 20.3 Å². The first-order valence-electron chi connectivity index (χ1n) is 6.92. The van der Waals surface area contributed by atoms with Crippen molar-refractivity contribution in [1.29, 1.82) is 0 Å². The molecule has 0 fully saturated rings. The molecule has 0 saturated carbocycles. The number of hydrogen-bond acceptors (Lipinski definition) is 2. The summed E-state index contributed by atoms with van der Waals surface area (Å²) < 4.78 is 2.12. The molecule has 0 amide bonds. The molecule has 0 atom stereocenters. The number of hydrogen-bond donors (Lipinski definition) is 1. The van der Waals surface area contributed by atoms with Gasteiger partial charge in [0.05, 0.1) is 11.0 Å². The van der Waals surface area contributed by atoms with E-state index in [9.17, 15) is 0 Å². The number of aromatic nitrogens is 2. The van der Waals surface area contributed by atoms with Gasteiger partial charge in [0.2, 0.25) is 0 Å². The third kappa shape index (κ3) is 1.95. The van der Waals surface area contributed by atoms with Crippen molar-refractivity contribution in [2.75, 3.05) is 5.73 Å². The second-order valence-corrected chi connectivity index (χ2v) is 5.24. The fourth-order valence-corrected chi connectivity index (χ4v) is 2.50. The zero-order valence-corrected chi connectivity index (χ0v) is 12.1. The largest absolute Gasteiger partial charge is 0.398 e. The van der Waals surface area contributed by atoms with E-state index in [0.29, 0.717) is 0 Å². The highest BCUT2D eigenvalue weighted by atomic mass is 15.1. The Labute approximate surface area is 119 Å². The predicted octanol–water partition coefficient (Wildman–Crippen LogP) is 3.69. The smallest absolute Gasteiger partial charge is 0.140 e. The molecular formula is C17H19N3. The number of benzene rings is 2. The minimum Gasteiger partial charge on any atom is -0.398 e. The van der Waals surface area contributed by atoms with Crippen LogP contribution < -0.4 is 5.73 Å². The average molecular weight is 265 g/mol.